The van der Waals surface area contributed by atoms with Crippen LogP contribution in [0, 0.1) is 17.8 Å². The molecule has 0 aromatic heterocycles. The van der Waals surface area contributed by atoms with Gasteiger partial charge in [0.15, 0.2) is 0 Å². The van der Waals surface area contributed by atoms with Crippen molar-refractivity contribution in [2.75, 3.05) is 13.2 Å². The number of rotatable bonds is 6. The first-order valence-electron chi connectivity index (χ1n) is 9.11. The Morgan fingerprint density at radius 3 is 2.59 bits per heavy atom. The quantitative estimate of drug-likeness (QED) is 0.785. The van der Waals surface area contributed by atoms with Crippen LogP contribution >= 0.6 is 0 Å². The van der Waals surface area contributed by atoms with Crippen molar-refractivity contribution in [2.45, 2.75) is 64.4 Å². The lowest BCUT2D eigenvalue weighted by Gasteiger charge is -2.31. The topological polar surface area (TPSA) is 55.5 Å². The van der Waals surface area contributed by atoms with Crippen LogP contribution in [-0.2, 0) is 4.74 Å². The predicted molar refractivity (Wildman–Crippen MR) is 91.3 cm³/mol. The molecule has 3 heteroatoms. The minimum absolute atomic E-state index is 0.126. The highest BCUT2D eigenvalue weighted by atomic mass is 16.5. The van der Waals surface area contributed by atoms with E-state index >= 15 is 0 Å². The third-order valence-corrected chi connectivity index (χ3v) is 5.24. The van der Waals surface area contributed by atoms with Gasteiger partial charge in [0.25, 0.3) is 0 Å². The second kappa shape index (κ2) is 9.36. The number of ether oxygens (including phenoxy) is 1. The van der Waals surface area contributed by atoms with E-state index < -0.39 is 0 Å². The molecule has 2 unspecified atom stereocenters. The Labute approximate surface area is 135 Å². The largest absolute Gasteiger partial charge is 0.497 e. The smallest absolute Gasteiger partial charge is 0.0994 e. The predicted octanol–water partition coefficient (Wildman–Crippen LogP) is 3.78. The second-order valence-electron chi connectivity index (χ2n) is 6.99. The maximum absolute atomic E-state index is 10.2. The molecule has 3 nitrogen and oxygen atoms in total. The fourth-order valence-corrected chi connectivity index (χ4v) is 3.71. The van der Waals surface area contributed by atoms with Gasteiger partial charge in [-0.15, -0.1) is 0 Å². The summed E-state index contributed by atoms with van der Waals surface area (Å²) in [5.74, 6) is 2.10. The maximum Gasteiger partial charge on any atom is 0.0994 e. The van der Waals surface area contributed by atoms with Gasteiger partial charge in [0, 0.05) is 11.8 Å². The Morgan fingerprint density at radius 2 is 1.91 bits per heavy atom. The van der Waals surface area contributed by atoms with E-state index in [-0.39, 0.29) is 17.9 Å². The van der Waals surface area contributed by atoms with E-state index in [0.29, 0.717) is 18.9 Å². The Morgan fingerprint density at radius 1 is 1.23 bits per heavy atom. The van der Waals surface area contributed by atoms with Crippen LogP contribution in [0.4, 0.5) is 0 Å². The van der Waals surface area contributed by atoms with E-state index in [1.165, 1.54) is 44.9 Å². The van der Waals surface area contributed by atoms with Crippen LogP contribution in [0.3, 0.4) is 0 Å². The van der Waals surface area contributed by atoms with Crippen molar-refractivity contribution in [1.29, 1.82) is 0 Å². The summed E-state index contributed by atoms with van der Waals surface area (Å²) in [6, 6.07) is 0. The Kier molecular flexibility index (Phi) is 7.47. The molecule has 2 aliphatic rings. The highest BCUT2D eigenvalue weighted by molar-refractivity contribution is 5.19. The van der Waals surface area contributed by atoms with Crippen LogP contribution in [0.2, 0.25) is 0 Å². The number of nitrogens with two attached hydrogens (primary N) is 1. The zero-order chi connectivity index (χ0) is 15.8. The number of aliphatic hydroxyl groups is 1. The molecule has 0 amide bonds. The van der Waals surface area contributed by atoms with E-state index in [9.17, 15) is 5.11 Å². The number of allylic oxidation sites excluding steroid dienone is 3. The highest BCUT2D eigenvalue weighted by Crippen LogP contribution is 2.31. The lowest BCUT2D eigenvalue weighted by molar-refractivity contribution is 0.0677. The summed E-state index contributed by atoms with van der Waals surface area (Å²) in [5, 5.41) is 10.2. The van der Waals surface area contributed by atoms with Gasteiger partial charge in [0.05, 0.1) is 18.5 Å². The monoisotopic (exact) mass is 307 g/mol. The molecule has 3 N–H and O–H groups in total. The molecular weight excluding hydrogens is 274 g/mol. The molecule has 0 saturated heterocycles. The molecule has 2 aliphatic carbocycles. The van der Waals surface area contributed by atoms with Crippen molar-refractivity contribution in [3.05, 3.63) is 24.0 Å². The van der Waals surface area contributed by atoms with Crippen LogP contribution in [-0.4, -0.2) is 24.4 Å². The van der Waals surface area contributed by atoms with Crippen molar-refractivity contribution in [1.82, 2.24) is 0 Å². The van der Waals surface area contributed by atoms with Gasteiger partial charge in [0.2, 0.25) is 0 Å². The second-order valence-corrected chi connectivity index (χ2v) is 6.99. The van der Waals surface area contributed by atoms with E-state index in [0.717, 1.165) is 12.4 Å². The summed E-state index contributed by atoms with van der Waals surface area (Å²) in [6.07, 6.45) is 15.9. The molecule has 1 fully saturated rings. The molecule has 2 rings (SSSR count). The summed E-state index contributed by atoms with van der Waals surface area (Å²) < 4.78 is 6.16. The molecule has 1 saturated carbocycles. The molecule has 126 valence electrons. The summed E-state index contributed by atoms with van der Waals surface area (Å²) in [7, 11) is 0. The molecule has 0 heterocycles. The summed E-state index contributed by atoms with van der Waals surface area (Å²) >= 11 is 0. The van der Waals surface area contributed by atoms with Crippen molar-refractivity contribution in [3.63, 3.8) is 0 Å². The SMILES string of the molecule is CC1C(OCC2CCCCCCC2)=CC=C[C@H]1C(O)CCN. The van der Waals surface area contributed by atoms with Crippen LogP contribution in [0.25, 0.3) is 0 Å². The van der Waals surface area contributed by atoms with Crippen LogP contribution in [0.1, 0.15) is 58.3 Å². The first-order valence-corrected chi connectivity index (χ1v) is 9.11. The number of hydrogen-bond acceptors (Lipinski definition) is 3. The van der Waals surface area contributed by atoms with Crippen molar-refractivity contribution in [2.24, 2.45) is 23.5 Å². The Balaban J connectivity index is 1.83. The standard InChI is InChI=1S/C19H33NO2/c1-15-17(18(21)12-13-20)10-7-11-19(15)22-14-16-8-5-3-2-4-6-9-16/h7,10-11,15-18,21H,2-6,8-9,12-14,20H2,1H3/t15?,17-,18?/m1/s1. The van der Waals surface area contributed by atoms with E-state index in [2.05, 4.69) is 19.1 Å². The highest BCUT2D eigenvalue weighted by Gasteiger charge is 2.28. The first-order chi connectivity index (χ1) is 10.7. The number of hydrogen-bond donors (Lipinski definition) is 2. The lowest BCUT2D eigenvalue weighted by atomic mass is 9.83. The van der Waals surface area contributed by atoms with Gasteiger partial charge >= 0.3 is 0 Å². The van der Waals surface area contributed by atoms with Gasteiger partial charge < -0.3 is 15.6 Å². The van der Waals surface area contributed by atoms with E-state index in [4.69, 9.17) is 10.5 Å². The Bertz CT molecular complexity index is 370. The van der Waals surface area contributed by atoms with Gasteiger partial charge in [-0.05, 0) is 37.8 Å². The average Bonchev–Trinajstić information content (AvgIpc) is 2.47. The van der Waals surface area contributed by atoms with E-state index in [1.807, 2.05) is 6.08 Å². The summed E-state index contributed by atoms with van der Waals surface area (Å²) in [4.78, 5) is 0. The Hall–Kier alpha value is -0.800. The van der Waals surface area contributed by atoms with Crippen LogP contribution < -0.4 is 5.73 Å². The number of aliphatic hydroxyl groups excluding tert-OH is 1. The molecule has 0 bridgehead atoms. The minimum Gasteiger partial charge on any atom is -0.497 e. The normalized spacial score (nSPS) is 28.6. The molecule has 22 heavy (non-hydrogen) atoms. The van der Waals surface area contributed by atoms with Crippen LogP contribution in [0.5, 0.6) is 0 Å². The zero-order valence-corrected chi connectivity index (χ0v) is 14.0. The van der Waals surface area contributed by atoms with Gasteiger partial charge in [0.1, 0.15) is 0 Å². The molecule has 0 aromatic rings. The summed E-state index contributed by atoms with van der Waals surface area (Å²) in [6.45, 7) is 3.52. The first kappa shape index (κ1) is 17.6. The van der Waals surface area contributed by atoms with Gasteiger partial charge in [-0.2, -0.15) is 0 Å². The van der Waals surface area contributed by atoms with Gasteiger partial charge in [-0.1, -0.05) is 51.2 Å². The molecule has 3 atom stereocenters. The van der Waals surface area contributed by atoms with Crippen molar-refractivity contribution in [3.8, 4) is 0 Å². The fraction of sp³-hybridized carbons (Fsp3) is 0.789. The molecule has 0 aliphatic heterocycles. The van der Waals surface area contributed by atoms with Crippen molar-refractivity contribution < 1.29 is 9.84 Å². The fourth-order valence-electron chi connectivity index (χ4n) is 3.71. The van der Waals surface area contributed by atoms with Crippen molar-refractivity contribution >= 4 is 0 Å². The third kappa shape index (κ3) is 5.13. The van der Waals surface area contributed by atoms with Gasteiger partial charge in [-0.25, -0.2) is 0 Å². The zero-order valence-electron chi connectivity index (χ0n) is 14.0. The maximum atomic E-state index is 10.2. The molecule has 0 radical (unpaired) electrons. The molecule has 0 spiro atoms. The molecular formula is C19H33NO2. The van der Waals surface area contributed by atoms with Gasteiger partial charge in [-0.3, -0.25) is 0 Å². The summed E-state index contributed by atoms with van der Waals surface area (Å²) in [5.41, 5.74) is 5.57. The third-order valence-electron chi connectivity index (χ3n) is 5.24. The van der Waals surface area contributed by atoms with E-state index in [1.54, 1.807) is 0 Å². The average molecular weight is 307 g/mol. The minimum atomic E-state index is -0.370. The lowest BCUT2D eigenvalue weighted by Crippen LogP contribution is -2.30. The molecule has 0 aromatic carbocycles. The van der Waals surface area contributed by atoms with Crippen LogP contribution in [0.15, 0.2) is 24.0 Å².